The van der Waals surface area contributed by atoms with Crippen molar-refractivity contribution in [3.05, 3.63) is 29.8 Å². The molecular weight excluding hydrogens is 523 g/mol. The molecule has 0 aliphatic heterocycles. The minimum atomic E-state index is -5.08. The van der Waals surface area contributed by atoms with Crippen LogP contribution in [0.3, 0.4) is 0 Å². The van der Waals surface area contributed by atoms with Gasteiger partial charge in [0.25, 0.3) is 5.91 Å². The quantitative estimate of drug-likeness (QED) is 0.135. The average Bonchev–Trinajstić information content (AvgIpc) is 2.80. The lowest BCUT2D eigenvalue weighted by atomic mass is 10.1. The van der Waals surface area contributed by atoms with E-state index in [1.165, 1.54) is 28.6 Å². The normalized spacial score (nSPS) is 12.2. The summed E-state index contributed by atoms with van der Waals surface area (Å²) >= 11 is 0. The Kier molecular flexibility index (Phi) is 14.2. The van der Waals surface area contributed by atoms with E-state index in [9.17, 15) is 36.3 Å². The van der Waals surface area contributed by atoms with Crippen molar-refractivity contribution in [3.8, 4) is 0 Å². The molecule has 0 aliphatic carbocycles. The largest absolute Gasteiger partial charge is 0.490 e. The number of nitrogens with zero attached hydrogens (tertiary/aromatic N) is 2. The third-order valence-electron chi connectivity index (χ3n) is 4.49. The number of hydrogen-bond acceptors (Lipinski definition) is 6. The van der Waals surface area contributed by atoms with Crippen LogP contribution in [0.2, 0.25) is 0 Å². The third-order valence-corrected chi connectivity index (χ3v) is 6.40. The Morgan fingerprint density at radius 2 is 1.54 bits per heavy atom. The van der Waals surface area contributed by atoms with Gasteiger partial charge in [-0.05, 0) is 49.9 Å². The third kappa shape index (κ3) is 12.4. The molecule has 0 saturated heterocycles. The molecule has 0 radical (unpaired) electrons. The van der Waals surface area contributed by atoms with E-state index in [0.717, 1.165) is 0 Å². The van der Waals surface area contributed by atoms with E-state index >= 15 is 0 Å². The number of carboxylic acid groups (broad SMARTS) is 2. The van der Waals surface area contributed by atoms with E-state index in [1.807, 2.05) is 13.8 Å². The Morgan fingerprint density at radius 1 is 1.05 bits per heavy atom. The summed E-state index contributed by atoms with van der Waals surface area (Å²) in [5, 5.41) is 18.9. The second-order valence-corrected chi connectivity index (χ2v) is 9.48. The zero-order chi connectivity index (χ0) is 28.8. The summed E-state index contributed by atoms with van der Waals surface area (Å²) in [6.07, 6.45) is -3.18. The highest BCUT2D eigenvalue weighted by atomic mass is 32.2. The van der Waals surface area contributed by atoms with Crippen molar-refractivity contribution in [2.75, 3.05) is 19.6 Å². The maximum Gasteiger partial charge on any atom is 0.490 e. The van der Waals surface area contributed by atoms with Crippen LogP contribution in [-0.2, 0) is 19.6 Å². The second-order valence-electron chi connectivity index (χ2n) is 7.54. The first-order valence-corrected chi connectivity index (χ1v) is 12.5. The molecule has 0 aromatic heterocycles. The second kappa shape index (κ2) is 15.7. The maximum absolute atomic E-state index is 12.8. The van der Waals surface area contributed by atoms with Gasteiger partial charge in [-0.2, -0.15) is 17.5 Å². The SMILES string of the molecule is CCCN(CCC)S(=O)(=O)c1ccc(C(=O)N[C@@H](CCCN=C(N)N)C(=O)O)cc1.O=C(O)C(F)(F)F. The van der Waals surface area contributed by atoms with Gasteiger partial charge in [0.15, 0.2) is 5.96 Å². The van der Waals surface area contributed by atoms with Crippen molar-refractivity contribution < 1.29 is 46.2 Å². The lowest BCUT2D eigenvalue weighted by molar-refractivity contribution is -0.192. The fourth-order valence-corrected chi connectivity index (χ4v) is 4.40. The predicted molar refractivity (Wildman–Crippen MR) is 128 cm³/mol. The minimum absolute atomic E-state index is 0.0857. The fourth-order valence-electron chi connectivity index (χ4n) is 2.78. The molecular formula is C21H32F3N5O7S. The van der Waals surface area contributed by atoms with E-state index in [-0.39, 0.29) is 29.4 Å². The maximum atomic E-state index is 12.8. The van der Waals surface area contributed by atoms with Crippen LogP contribution >= 0.6 is 0 Å². The molecule has 12 nitrogen and oxygen atoms in total. The van der Waals surface area contributed by atoms with Gasteiger partial charge in [0, 0.05) is 25.2 Å². The molecule has 7 N–H and O–H groups in total. The summed E-state index contributed by atoms with van der Waals surface area (Å²) in [6.45, 7) is 4.89. The molecule has 0 saturated carbocycles. The molecule has 0 spiro atoms. The number of rotatable bonds is 13. The molecule has 1 amide bonds. The Bertz CT molecular complexity index is 1020. The van der Waals surface area contributed by atoms with Gasteiger partial charge in [-0.25, -0.2) is 18.0 Å². The van der Waals surface area contributed by atoms with Crippen molar-refractivity contribution in [1.29, 1.82) is 0 Å². The Labute approximate surface area is 212 Å². The van der Waals surface area contributed by atoms with Gasteiger partial charge in [-0.1, -0.05) is 13.8 Å². The lowest BCUT2D eigenvalue weighted by Gasteiger charge is -2.21. The highest BCUT2D eigenvalue weighted by Gasteiger charge is 2.38. The van der Waals surface area contributed by atoms with Crippen LogP contribution in [0.25, 0.3) is 0 Å². The number of alkyl halides is 3. The number of aliphatic imine (C=N–C) groups is 1. The van der Waals surface area contributed by atoms with Crippen molar-refractivity contribution in [1.82, 2.24) is 9.62 Å². The predicted octanol–water partition coefficient (Wildman–Crippen LogP) is 1.37. The number of sulfonamides is 1. The lowest BCUT2D eigenvalue weighted by Crippen LogP contribution is -2.41. The van der Waals surface area contributed by atoms with Gasteiger partial charge in [0.05, 0.1) is 4.90 Å². The average molecular weight is 556 g/mol. The number of aliphatic carboxylic acids is 2. The molecule has 1 atom stereocenters. The summed E-state index contributed by atoms with van der Waals surface area (Å²) < 4.78 is 58.7. The molecule has 0 fully saturated rings. The molecule has 1 aromatic rings. The van der Waals surface area contributed by atoms with Gasteiger partial charge >= 0.3 is 18.1 Å². The number of carbonyl (C=O) groups excluding carboxylic acids is 1. The molecule has 1 aromatic carbocycles. The van der Waals surface area contributed by atoms with E-state index in [0.29, 0.717) is 32.4 Å². The summed E-state index contributed by atoms with van der Waals surface area (Å²) in [5.74, 6) is -4.63. The zero-order valence-corrected chi connectivity index (χ0v) is 21.2. The van der Waals surface area contributed by atoms with Gasteiger partial charge < -0.3 is 27.0 Å². The van der Waals surface area contributed by atoms with Crippen LogP contribution in [-0.4, -0.2) is 78.6 Å². The van der Waals surface area contributed by atoms with Crippen LogP contribution in [0.4, 0.5) is 13.2 Å². The van der Waals surface area contributed by atoms with Crippen LogP contribution < -0.4 is 16.8 Å². The summed E-state index contributed by atoms with van der Waals surface area (Å²) in [5.41, 5.74) is 10.6. The molecule has 1 rings (SSSR count). The molecule has 0 unspecified atom stereocenters. The fraction of sp³-hybridized carbons (Fsp3) is 0.524. The number of amides is 1. The summed E-state index contributed by atoms with van der Waals surface area (Å²) in [4.78, 5) is 36.6. The zero-order valence-electron chi connectivity index (χ0n) is 20.4. The van der Waals surface area contributed by atoms with Crippen LogP contribution in [0.1, 0.15) is 49.9 Å². The highest BCUT2D eigenvalue weighted by molar-refractivity contribution is 7.89. The van der Waals surface area contributed by atoms with Gasteiger partial charge in [0.2, 0.25) is 10.0 Å². The van der Waals surface area contributed by atoms with Crippen molar-refractivity contribution in [2.45, 2.75) is 56.6 Å². The van der Waals surface area contributed by atoms with Gasteiger partial charge in [-0.3, -0.25) is 9.79 Å². The number of benzene rings is 1. The number of carbonyl (C=O) groups is 3. The van der Waals surface area contributed by atoms with Crippen molar-refractivity contribution >= 4 is 33.8 Å². The smallest absolute Gasteiger partial charge is 0.480 e. The summed E-state index contributed by atoms with van der Waals surface area (Å²) in [6, 6.07) is 4.35. The number of hydrogen-bond donors (Lipinski definition) is 5. The van der Waals surface area contributed by atoms with Crippen LogP contribution in [0.15, 0.2) is 34.2 Å². The number of nitrogens with two attached hydrogens (primary N) is 2. The molecule has 0 heterocycles. The van der Waals surface area contributed by atoms with Gasteiger partial charge in [-0.15, -0.1) is 0 Å². The number of carboxylic acids is 2. The van der Waals surface area contributed by atoms with Crippen LogP contribution in [0.5, 0.6) is 0 Å². The number of guanidine groups is 1. The first-order valence-electron chi connectivity index (χ1n) is 11.1. The Balaban J connectivity index is 0.00000161. The van der Waals surface area contributed by atoms with Gasteiger partial charge in [0.1, 0.15) is 6.04 Å². The molecule has 16 heteroatoms. The molecule has 210 valence electrons. The topological polar surface area (TPSA) is 205 Å². The van der Waals surface area contributed by atoms with Crippen LogP contribution in [0, 0.1) is 0 Å². The first kappa shape index (κ1) is 33.6. The number of halogens is 3. The van der Waals surface area contributed by atoms with E-state index in [1.54, 1.807) is 0 Å². The van der Waals surface area contributed by atoms with E-state index < -0.39 is 40.1 Å². The Hall–Kier alpha value is -3.40. The molecule has 0 bridgehead atoms. The van der Waals surface area contributed by atoms with Crippen molar-refractivity contribution in [3.63, 3.8) is 0 Å². The minimum Gasteiger partial charge on any atom is -0.480 e. The molecule has 0 aliphatic rings. The van der Waals surface area contributed by atoms with E-state index in [2.05, 4.69) is 10.3 Å². The van der Waals surface area contributed by atoms with Crippen molar-refractivity contribution in [2.24, 2.45) is 16.5 Å². The first-order chi connectivity index (χ1) is 17.1. The summed E-state index contributed by atoms with van der Waals surface area (Å²) in [7, 11) is -3.65. The van der Waals surface area contributed by atoms with E-state index in [4.69, 9.17) is 21.4 Å². The Morgan fingerprint density at radius 3 is 1.92 bits per heavy atom. The number of nitrogens with one attached hydrogen (secondary N) is 1. The molecule has 37 heavy (non-hydrogen) atoms. The standard InChI is InChI=1S/C19H31N5O5S.C2HF3O2/c1-3-12-24(13-4-2)30(28,29)15-9-7-14(8-10-15)17(25)23-16(18(26)27)6-5-11-22-19(20)21;3-2(4,5)1(6)7/h7-10,16H,3-6,11-13H2,1-2H3,(H,23,25)(H,26,27)(H4,20,21,22);(H,6,7)/t16-;/m0./s1. The highest BCUT2D eigenvalue weighted by Crippen LogP contribution is 2.18. The monoisotopic (exact) mass is 555 g/mol.